The largest absolute Gasteiger partial charge is 0.506 e. The van der Waals surface area contributed by atoms with Gasteiger partial charge in [-0.25, -0.2) is 0 Å². The lowest BCUT2D eigenvalue weighted by molar-refractivity contribution is 0.161. The third-order valence-electron chi connectivity index (χ3n) is 2.06. The van der Waals surface area contributed by atoms with E-state index in [2.05, 4.69) is 4.98 Å². The van der Waals surface area contributed by atoms with Crippen molar-refractivity contribution in [2.45, 2.75) is 6.42 Å². The molecule has 0 saturated heterocycles. The molecule has 3 nitrogen and oxygen atoms in total. The van der Waals surface area contributed by atoms with Gasteiger partial charge in [0.25, 0.3) is 0 Å². The van der Waals surface area contributed by atoms with Crippen molar-refractivity contribution in [1.82, 2.24) is 4.98 Å². The molecule has 1 aromatic rings. The monoisotopic (exact) mass is 177 g/mol. The molecule has 68 valence electrons. The number of hydrogen-bond donors (Lipinski definition) is 1. The molecule has 0 unspecified atom stereocenters. The number of aromatic hydroxyl groups is 1. The third kappa shape index (κ3) is 1.87. The van der Waals surface area contributed by atoms with Crippen molar-refractivity contribution in [1.29, 1.82) is 0 Å². The molecule has 0 amide bonds. The SMILES string of the molecule is Oc1cncc(C2=CCOCC2)c1. The van der Waals surface area contributed by atoms with Crippen LogP contribution in [0.4, 0.5) is 0 Å². The van der Waals surface area contributed by atoms with Gasteiger partial charge in [0.05, 0.1) is 19.4 Å². The van der Waals surface area contributed by atoms with E-state index in [1.807, 2.05) is 6.08 Å². The minimum atomic E-state index is 0.213. The molecule has 1 aliphatic rings. The molecular formula is C10H11NO2. The van der Waals surface area contributed by atoms with Crippen molar-refractivity contribution in [3.05, 3.63) is 30.1 Å². The normalized spacial score (nSPS) is 16.8. The van der Waals surface area contributed by atoms with E-state index in [4.69, 9.17) is 4.74 Å². The van der Waals surface area contributed by atoms with E-state index < -0.39 is 0 Å². The Kier molecular flexibility index (Phi) is 2.27. The first-order valence-corrected chi connectivity index (χ1v) is 4.27. The Morgan fingerprint density at radius 3 is 3.00 bits per heavy atom. The number of hydrogen-bond acceptors (Lipinski definition) is 3. The number of nitrogens with zero attached hydrogens (tertiary/aromatic N) is 1. The van der Waals surface area contributed by atoms with E-state index in [1.165, 1.54) is 11.8 Å². The van der Waals surface area contributed by atoms with Gasteiger partial charge in [0.2, 0.25) is 0 Å². The number of aromatic nitrogens is 1. The fourth-order valence-electron chi connectivity index (χ4n) is 1.39. The first-order valence-electron chi connectivity index (χ1n) is 4.27. The minimum Gasteiger partial charge on any atom is -0.506 e. The van der Waals surface area contributed by atoms with Crippen LogP contribution in [-0.2, 0) is 4.74 Å². The van der Waals surface area contributed by atoms with Crippen molar-refractivity contribution in [2.75, 3.05) is 13.2 Å². The summed E-state index contributed by atoms with van der Waals surface area (Å²) in [6, 6.07) is 1.73. The predicted molar refractivity (Wildman–Crippen MR) is 49.3 cm³/mol. The number of pyridine rings is 1. The van der Waals surface area contributed by atoms with Gasteiger partial charge in [-0.2, -0.15) is 0 Å². The highest BCUT2D eigenvalue weighted by molar-refractivity contribution is 5.66. The second-order valence-electron chi connectivity index (χ2n) is 2.99. The summed E-state index contributed by atoms with van der Waals surface area (Å²) < 4.78 is 5.19. The van der Waals surface area contributed by atoms with Crippen LogP contribution < -0.4 is 0 Å². The van der Waals surface area contributed by atoms with Gasteiger partial charge in [0, 0.05) is 6.20 Å². The second-order valence-corrected chi connectivity index (χ2v) is 2.99. The molecule has 0 aliphatic carbocycles. The van der Waals surface area contributed by atoms with Gasteiger partial charge >= 0.3 is 0 Å². The molecule has 2 heterocycles. The fourth-order valence-corrected chi connectivity index (χ4v) is 1.39. The van der Waals surface area contributed by atoms with Gasteiger partial charge in [-0.15, -0.1) is 0 Å². The van der Waals surface area contributed by atoms with Gasteiger partial charge in [-0.05, 0) is 23.6 Å². The van der Waals surface area contributed by atoms with Gasteiger partial charge < -0.3 is 9.84 Å². The molecule has 3 heteroatoms. The van der Waals surface area contributed by atoms with Crippen LogP contribution in [0.1, 0.15) is 12.0 Å². The van der Waals surface area contributed by atoms with E-state index in [0.29, 0.717) is 6.61 Å². The second kappa shape index (κ2) is 3.58. The topological polar surface area (TPSA) is 42.4 Å². The zero-order valence-electron chi connectivity index (χ0n) is 7.23. The summed E-state index contributed by atoms with van der Waals surface area (Å²) in [5.41, 5.74) is 2.19. The van der Waals surface area contributed by atoms with Crippen molar-refractivity contribution in [2.24, 2.45) is 0 Å². The fraction of sp³-hybridized carbons (Fsp3) is 0.300. The summed E-state index contributed by atoms with van der Waals surface area (Å²) in [6.45, 7) is 1.41. The molecule has 0 aromatic carbocycles. The lowest BCUT2D eigenvalue weighted by Crippen LogP contribution is -2.03. The Morgan fingerprint density at radius 1 is 1.38 bits per heavy atom. The smallest absolute Gasteiger partial charge is 0.134 e. The van der Waals surface area contributed by atoms with Crippen LogP contribution in [0, 0.1) is 0 Å². The molecular weight excluding hydrogens is 166 g/mol. The third-order valence-corrected chi connectivity index (χ3v) is 2.06. The summed E-state index contributed by atoms with van der Waals surface area (Å²) in [6.07, 6.45) is 6.12. The highest BCUT2D eigenvalue weighted by Gasteiger charge is 2.06. The van der Waals surface area contributed by atoms with Crippen molar-refractivity contribution in [3.8, 4) is 5.75 Å². The number of ether oxygens (including phenoxy) is 1. The van der Waals surface area contributed by atoms with E-state index in [9.17, 15) is 5.11 Å². The molecule has 13 heavy (non-hydrogen) atoms. The molecule has 1 aromatic heterocycles. The molecule has 0 bridgehead atoms. The standard InChI is InChI=1S/C10H11NO2/c12-10-5-9(6-11-7-10)8-1-3-13-4-2-8/h1,5-7,12H,2-4H2. The maximum Gasteiger partial charge on any atom is 0.134 e. The van der Waals surface area contributed by atoms with E-state index >= 15 is 0 Å². The molecule has 1 aliphatic heterocycles. The molecule has 0 atom stereocenters. The lowest BCUT2D eigenvalue weighted by Gasteiger charge is -2.13. The molecule has 0 spiro atoms. The van der Waals surface area contributed by atoms with Gasteiger partial charge in [-0.3, -0.25) is 4.98 Å². The maximum absolute atomic E-state index is 9.22. The molecule has 0 saturated carbocycles. The Bertz CT molecular complexity index is 333. The first-order chi connectivity index (χ1) is 6.36. The quantitative estimate of drug-likeness (QED) is 0.708. The van der Waals surface area contributed by atoms with E-state index in [0.717, 1.165) is 18.6 Å². The van der Waals surface area contributed by atoms with Gasteiger partial charge in [0.1, 0.15) is 5.75 Å². The van der Waals surface area contributed by atoms with Crippen LogP contribution in [-0.4, -0.2) is 23.3 Å². The predicted octanol–water partition coefficient (Wildman–Crippen LogP) is 1.59. The van der Waals surface area contributed by atoms with Crippen molar-refractivity contribution in [3.63, 3.8) is 0 Å². The first kappa shape index (κ1) is 8.26. The average molecular weight is 177 g/mol. The summed E-state index contributed by atoms with van der Waals surface area (Å²) in [7, 11) is 0. The van der Waals surface area contributed by atoms with Crippen LogP contribution in [0.2, 0.25) is 0 Å². The Labute approximate surface area is 76.7 Å². The summed E-state index contributed by atoms with van der Waals surface area (Å²) >= 11 is 0. The Morgan fingerprint density at radius 2 is 2.31 bits per heavy atom. The summed E-state index contributed by atoms with van der Waals surface area (Å²) in [4.78, 5) is 3.93. The van der Waals surface area contributed by atoms with Crippen LogP contribution in [0.25, 0.3) is 5.57 Å². The molecule has 0 radical (unpaired) electrons. The van der Waals surface area contributed by atoms with Crippen molar-refractivity contribution < 1.29 is 9.84 Å². The van der Waals surface area contributed by atoms with E-state index in [-0.39, 0.29) is 5.75 Å². The highest BCUT2D eigenvalue weighted by atomic mass is 16.5. The minimum absolute atomic E-state index is 0.213. The maximum atomic E-state index is 9.22. The van der Waals surface area contributed by atoms with Crippen molar-refractivity contribution >= 4 is 5.57 Å². The van der Waals surface area contributed by atoms with Gasteiger partial charge in [0.15, 0.2) is 0 Å². The van der Waals surface area contributed by atoms with Gasteiger partial charge in [-0.1, -0.05) is 6.08 Å². The highest BCUT2D eigenvalue weighted by Crippen LogP contribution is 2.22. The van der Waals surface area contributed by atoms with Crippen LogP contribution in [0.15, 0.2) is 24.5 Å². The zero-order valence-corrected chi connectivity index (χ0v) is 7.23. The molecule has 1 N–H and O–H groups in total. The van der Waals surface area contributed by atoms with Crippen LogP contribution in [0.5, 0.6) is 5.75 Å². The van der Waals surface area contributed by atoms with Crippen LogP contribution >= 0.6 is 0 Å². The zero-order chi connectivity index (χ0) is 9.10. The number of rotatable bonds is 1. The summed E-state index contributed by atoms with van der Waals surface area (Å²) in [5, 5.41) is 9.22. The molecule has 2 rings (SSSR count). The summed E-state index contributed by atoms with van der Waals surface area (Å²) in [5.74, 6) is 0.213. The molecule has 0 fully saturated rings. The Balaban J connectivity index is 2.29. The Hall–Kier alpha value is -1.35. The van der Waals surface area contributed by atoms with E-state index in [1.54, 1.807) is 12.3 Å². The lowest BCUT2D eigenvalue weighted by atomic mass is 10.0. The average Bonchev–Trinajstić information content (AvgIpc) is 2.19. The van der Waals surface area contributed by atoms with Crippen LogP contribution in [0.3, 0.4) is 0 Å².